The van der Waals surface area contributed by atoms with Gasteiger partial charge in [0.2, 0.25) is 0 Å². The van der Waals surface area contributed by atoms with Crippen molar-refractivity contribution < 1.29 is 24.5 Å². The lowest BCUT2D eigenvalue weighted by Gasteiger charge is -2.10. The fourth-order valence-corrected chi connectivity index (χ4v) is 3.30. The predicted molar refractivity (Wildman–Crippen MR) is 136 cm³/mol. The summed E-state index contributed by atoms with van der Waals surface area (Å²) in [6, 6.07) is 8.58. The molecule has 0 bridgehead atoms. The lowest BCUT2D eigenvalue weighted by atomic mass is 10.1. The van der Waals surface area contributed by atoms with Crippen LogP contribution < -0.4 is 0 Å². The third kappa shape index (κ3) is 15.2. The van der Waals surface area contributed by atoms with Crippen LogP contribution in [0.3, 0.4) is 0 Å². The number of benzene rings is 1. The van der Waals surface area contributed by atoms with Gasteiger partial charge in [0.15, 0.2) is 0 Å². The Morgan fingerprint density at radius 1 is 0.706 bits per heavy atom. The molecule has 1 aromatic heterocycles. The topological polar surface area (TPSA) is 113 Å². The van der Waals surface area contributed by atoms with Gasteiger partial charge in [0.25, 0.3) is 0 Å². The predicted octanol–water partition coefficient (Wildman–Crippen LogP) is 6.31. The van der Waals surface area contributed by atoms with Crippen molar-refractivity contribution in [1.29, 1.82) is 0 Å². The molecule has 7 heteroatoms. The second-order valence-corrected chi connectivity index (χ2v) is 8.12. The van der Waals surface area contributed by atoms with E-state index in [1.165, 1.54) is 51.4 Å². The molecular formula is C27H44N2O5. The average Bonchev–Trinajstić information content (AvgIpc) is 3.43. The molecule has 2 aromatic rings. The highest BCUT2D eigenvalue weighted by Crippen LogP contribution is 2.14. The van der Waals surface area contributed by atoms with E-state index in [1.54, 1.807) is 36.7 Å². The van der Waals surface area contributed by atoms with Crippen LogP contribution in [0.2, 0.25) is 0 Å². The third-order valence-corrected chi connectivity index (χ3v) is 5.23. The van der Waals surface area contributed by atoms with Gasteiger partial charge >= 0.3 is 11.9 Å². The standard InChI is InChI=1S/C24H38O4.C3H4N2.H2O/c1-3-5-7-9-11-15-19-27-23(25)21-17-13-14-18-22(21)24(26)28-20-16-12-10-8-6-4-2;1-2-4-5-3-1;/h13-14,17-18H,3-12,15-16,19-20H2,1-2H3;1-3H,(H,4,5);1H2. The summed E-state index contributed by atoms with van der Waals surface area (Å²) < 4.78 is 10.7. The van der Waals surface area contributed by atoms with Crippen molar-refractivity contribution in [2.24, 2.45) is 0 Å². The molecule has 0 aliphatic carbocycles. The summed E-state index contributed by atoms with van der Waals surface area (Å²) in [5.74, 6) is -0.888. The van der Waals surface area contributed by atoms with Gasteiger partial charge < -0.3 is 14.9 Å². The molecule has 0 saturated carbocycles. The Kier molecular flexibility index (Phi) is 20.4. The van der Waals surface area contributed by atoms with Crippen molar-refractivity contribution in [3.05, 3.63) is 53.9 Å². The summed E-state index contributed by atoms with van der Waals surface area (Å²) in [7, 11) is 0. The quantitative estimate of drug-likeness (QED) is 0.225. The van der Waals surface area contributed by atoms with Crippen molar-refractivity contribution in [2.45, 2.75) is 90.9 Å². The fourth-order valence-electron chi connectivity index (χ4n) is 3.30. The number of carbonyl (C=O) groups is 2. The molecule has 0 radical (unpaired) electrons. The number of nitrogens with one attached hydrogen (secondary N) is 1. The van der Waals surface area contributed by atoms with E-state index in [0.717, 1.165) is 25.7 Å². The van der Waals surface area contributed by atoms with Crippen molar-refractivity contribution in [1.82, 2.24) is 10.2 Å². The van der Waals surface area contributed by atoms with Crippen LogP contribution in [0.15, 0.2) is 42.7 Å². The zero-order valence-corrected chi connectivity index (χ0v) is 21.0. The van der Waals surface area contributed by atoms with Crippen LogP contribution in [-0.4, -0.2) is 40.8 Å². The third-order valence-electron chi connectivity index (χ3n) is 5.23. The van der Waals surface area contributed by atoms with Gasteiger partial charge in [-0.05, 0) is 31.0 Å². The summed E-state index contributed by atoms with van der Waals surface area (Å²) in [5.41, 5.74) is 0.586. The molecule has 7 nitrogen and oxygen atoms in total. The lowest BCUT2D eigenvalue weighted by Crippen LogP contribution is -2.15. The number of nitrogens with zero attached hydrogens (tertiary/aromatic N) is 1. The van der Waals surface area contributed by atoms with E-state index in [9.17, 15) is 9.59 Å². The molecular weight excluding hydrogens is 432 g/mol. The van der Waals surface area contributed by atoms with Gasteiger partial charge in [-0.3, -0.25) is 5.10 Å². The van der Waals surface area contributed by atoms with Crippen LogP contribution in [-0.2, 0) is 9.47 Å². The average molecular weight is 477 g/mol. The van der Waals surface area contributed by atoms with E-state index < -0.39 is 11.9 Å². The molecule has 2 rings (SSSR count). The Hall–Kier alpha value is -2.67. The highest BCUT2D eigenvalue weighted by atomic mass is 16.5. The van der Waals surface area contributed by atoms with E-state index in [-0.39, 0.29) is 5.48 Å². The van der Waals surface area contributed by atoms with E-state index >= 15 is 0 Å². The molecule has 0 aliphatic heterocycles. The van der Waals surface area contributed by atoms with E-state index in [1.807, 2.05) is 6.07 Å². The van der Waals surface area contributed by atoms with Crippen LogP contribution in [0.1, 0.15) is 112 Å². The summed E-state index contributed by atoms with van der Waals surface area (Å²) in [4.78, 5) is 24.7. The number of aromatic nitrogens is 2. The van der Waals surface area contributed by atoms with Crippen molar-refractivity contribution in [3.8, 4) is 0 Å². The van der Waals surface area contributed by atoms with E-state index in [0.29, 0.717) is 24.3 Å². The zero-order chi connectivity index (χ0) is 24.0. The SMILES string of the molecule is CCCCCCCCOC(=O)c1ccccc1C(=O)OCCCCCCCC.O.c1cn[nH]c1. The smallest absolute Gasteiger partial charge is 0.339 e. The molecule has 0 amide bonds. The van der Waals surface area contributed by atoms with Crippen molar-refractivity contribution >= 4 is 11.9 Å². The first-order chi connectivity index (χ1) is 16.2. The van der Waals surface area contributed by atoms with Gasteiger partial charge in [-0.25, -0.2) is 9.59 Å². The summed E-state index contributed by atoms with van der Waals surface area (Å²) in [5, 5.41) is 6.21. The van der Waals surface area contributed by atoms with Crippen molar-refractivity contribution in [3.63, 3.8) is 0 Å². The molecule has 0 unspecified atom stereocenters. The van der Waals surface area contributed by atoms with Crippen LogP contribution >= 0.6 is 0 Å². The highest BCUT2D eigenvalue weighted by molar-refractivity contribution is 6.03. The summed E-state index contributed by atoms with van der Waals surface area (Å²) in [6.07, 6.45) is 17.1. The Bertz CT molecular complexity index is 668. The maximum absolute atomic E-state index is 12.4. The first kappa shape index (κ1) is 31.3. The molecule has 0 saturated heterocycles. The van der Waals surface area contributed by atoms with Crippen LogP contribution in [0, 0.1) is 0 Å². The highest BCUT2D eigenvalue weighted by Gasteiger charge is 2.18. The minimum atomic E-state index is -0.444. The number of unbranched alkanes of at least 4 members (excludes halogenated alkanes) is 10. The lowest BCUT2D eigenvalue weighted by molar-refractivity contribution is 0.0450. The van der Waals surface area contributed by atoms with E-state index in [2.05, 4.69) is 24.0 Å². The molecule has 3 N–H and O–H groups in total. The summed E-state index contributed by atoms with van der Waals surface area (Å²) >= 11 is 0. The minimum Gasteiger partial charge on any atom is -0.462 e. The number of hydrogen-bond acceptors (Lipinski definition) is 5. The largest absolute Gasteiger partial charge is 0.462 e. The minimum absolute atomic E-state index is 0. The fraction of sp³-hybridized carbons (Fsp3) is 0.593. The molecule has 0 spiro atoms. The molecule has 1 aromatic carbocycles. The molecule has 0 fully saturated rings. The Morgan fingerprint density at radius 2 is 1.15 bits per heavy atom. The molecule has 0 aliphatic rings. The first-order valence-electron chi connectivity index (χ1n) is 12.6. The molecule has 192 valence electrons. The Morgan fingerprint density at radius 3 is 1.50 bits per heavy atom. The molecule has 1 heterocycles. The van der Waals surface area contributed by atoms with Gasteiger partial charge in [-0.15, -0.1) is 0 Å². The number of rotatable bonds is 16. The van der Waals surface area contributed by atoms with Crippen molar-refractivity contribution in [2.75, 3.05) is 13.2 Å². The van der Waals surface area contributed by atoms with Crippen LogP contribution in [0.25, 0.3) is 0 Å². The first-order valence-corrected chi connectivity index (χ1v) is 12.6. The maximum Gasteiger partial charge on any atom is 0.339 e. The second kappa shape index (κ2) is 22.1. The maximum atomic E-state index is 12.4. The Labute approximate surface area is 204 Å². The van der Waals surface area contributed by atoms with Crippen LogP contribution in [0.5, 0.6) is 0 Å². The van der Waals surface area contributed by atoms with Gasteiger partial charge in [0.1, 0.15) is 0 Å². The van der Waals surface area contributed by atoms with Crippen LogP contribution in [0.4, 0.5) is 0 Å². The molecule has 34 heavy (non-hydrogen) atoms. The zero-order valence-electron chi connectivity index (χ0n) is 21.0. The number of esters is 2. The van der Waals surface area contributed by atoms with Gasteiger partial charge in [0, 0.05) is 12.4 Å². The number of H-pyrrole nitrogens is 1. The normalized spacial score (nSPS) is 9.94. The van der Waals surface area contributed by atoms with Gasteiger partial charge in [0.05, 0.1) is 24.3 Å². The van der Waals surface area contributed by atoms with Gasteiger partial charge in [-0.1, -0.05) is 90.2 Å². The number of hydrogen-bond donors (Lipinski definition) is 1. The van der Waals surface area contributed by atoms with E-state index in [4.69, 9.17) is 9.47 Å². The number of carbonyl (C=O) groups excluding carboxylic acids is 2. The monoisotopic (exact) mass is 476 g/mol. The second-order valence-electron chi connectivity index (χ2n) is 8.12. The number of ether oxygens (including phenoxy) is 2. The summed E-state index contributed by atoms with van der Waals surface area (Å²) in [6.45, 7) is 5.17. The number of aromatic amines is 1. The Balaban J connectivity index is 0.00000160. The van der Waals surface area contributed by atoms with Gasteiger partial charge in [-0.2, -0.15) is 5.10 Å². The molecule has 0 atom stereocenters.